The highest BCUT2D eigenvalue weighted by molar-refractivity contribution is 7.80. The number of hydrogen-bond donors (Lipinski definition) is 3. The average Bonchev–Trinajstić information content (AvgIpc) is 2.43. The Kier molecular flexibility index (Phi) is 6.45. The van der Waals surface area contributed by atoms with Crippen molar-refractivity contribution in [2.45, 2.75) is 13.3 Å². The number of amides is 2. The highest BCUT2D eigenvalue weighted by atomic mass is 32.1. The Balaban J connectivity index is 2.49. The van der Waals surface area contributed by atoms with Gasteiger partial charge in [0.2, 0.25) is 0 Å². The van der Waals surface area contributed by atoms with Gasteiger partial charge in [-0.25, -0.2) is 0 Å². The van der Waals surface area contributed by atoms with Gasteiger partial charge in [-0.3, -0.25) is 9.59 Å². The fourth-order valence-corrected chi connectivity index (χ4v) is 1.36. The van der Waals surface area contributed by atoms with E-state index in [1.807, 2.05) is 6.92 Å². The maximum absolute atomic E-state index is 11.5. The molecule has 1 rings (SSSR count). The van der Waals surface area contributed by atoms with Crippen LogP contribution in [0.2, 0.25) is 0 Å². The van der Waals surface area contributed by atoms with Crippen LogP contribution in [0.4, 0.5) is 5.69 Å². The van der Waals surface area contributed by atoms with Gasteiger partial charge in [-0.15, -0.1) is 0 Å². The summed E-state index contributed by atoms with van der Waals surface area (Å²) in [5, 5.41) is 4.76. The highest BCUT2D eigenvalue weighted by Crippen LogP contribution is 2.15. The van der Waals surface area contributed by atoms with E-state index in [-0.39, 0.29) is 11.5 Å². The van der Waals surface area contributed by atoms with Gasteiger partial charge in [0, 0.05) is 5.69 Å². The first-order chi connectivity index (χ1) is 9.52. The van der Waals surface area contributed by atoms with E-state index < -0.39 is 11.8 Å². The van der Waals surface area contributed by atoms with Gasteiger partial charge in [0.15, 0.2) is 0 Å². The molecule has 0 heterocycles. The molecule has 0 unspecified atom stereocenters. The third kappa shape index (κ3) is 5.66. The number of thiocarbonyl (C=S) groups is 1. The number of hydrogen-bond acceptors (Lipinski definition) is 4. The van der Waals surface area contributed by atoms with Crippen molar-refractivity contribution in [3.8, 4) is 5.75 Å². The van der Waals surface area contributed by atoms with E-state index in [0.717, 1.165) is 6.42 Å². The molecular weight excluding hydrogens is 278 g/mol. The van der Waals surface area contributed by atoms with Gasteiger partial charge >= 0.3 is 11.8 Å². The molecule has 7 heteroatoms. The summed E-state index contributed by atoms with van der Waals surface area (Å²) in [5.41, 5.74) is 5.73. The molecule has 0 aromatic heterocycles. The molecule has 2 amide bonds. The van der Waals surface area contributed by atoms with Crippen LogP contribution in [-0.2, 0) is 9.59 Å². The topological polar surface area (TPSA) is 93.4 Å². The maximum Gasteiger partial charge on any atom is 0.313 e. The molecule has 0 bridgehead atoms. The van der Waals surface area contributed by atoms with Crippen LogP contribution >= 0.6 is 12.2 Å². The zero-order valence-corrected chi connectivity index (χ0v) is 12.0. The lowest BCUT2D eigenvalue weighted by Crippen LogP contribution is -2.39. The Labute approximate surface area is 122 Å². The van der Waals surface area contributed by atoms with E-state index in [2.05, 4.69) is 22.9 Å². The molecule has 0 aliphatic heterocycles. The number of anilines is 1. The smallest absolute Gasteiger partial charge is 0.313 e. The minimum atomic E-state index is -0.788. The van der Waals surface area contributed by atoms with Crippen molar-refractivity contribution in [3.05, 3.63) is 24.3 Å². The van der Waals surface area contributed by atoms with Crippen molar-refractivity contribution in [1.29, 1.82) is 0 Å². The van der Waals surface area contributed by atoms with Gasteiger partial charge in [0.1, 0.15) is 5.75 Å². The van der Waals surface area contributed by atoms with Gasteiger partial charge in [0.25, 0.3) is 0 Å². The van der Waals surface area contributed by atoms with Crippen molar-refractivity contribution in [1.82, 2.24) is 5.32 Å². The molecule has 0 atom stereocenters. The fraction of sp³-hybridized carbons (Fsp3) is 0.308. The quantitative estimate of drug-likeness (QED) is 0.533. The molecule has 1 aromatic carbocycles. The first-order valence-corrected chi connectivity index (χ1v) is 6.54. The zero-order chi connectivity index (χ0) is 15.0. The minimum absolute atomic E-state index is 0.00855. The summed E-state index contributed by atoms with van der Waals surface area (Å²) in [6.07, 6.45) is 0.918. The van der Waals surface area contributed by atoms with Crippen molar-refractivity contribution in [3.63, 3.8) is 0 Å². The van der Waals surface area contributed by atoms with Crippen LogP contribution in [0.3, 0.4) is 0 Å². The Morgan fingerprint density at radius 1 is 1.25 bits per heavy atom. The summed E-state index contributed by atoms with van der Waals surface area (Å²) in [5.74, 6) is -0.852. The van der Waals surface area contributed by atoms with Crippen LogP contribution in [0, 0.1) is 0 Å². The van der Waals surface area contributed by atoms with Gasteiger partial charge in [-0.05, 0) is 30.7 Å². The Morgan fingerprint density at radius 3 is 2.45 bits per heavy atom. The lowest BCUT2D eigenvalue weighted by Gasteiger charge is -2.07. The summed E-state index contributed by atoms with van der Waals surface area (Å²) in [7, 11) is 0. The number of rotatable bonds is 6. The molecule has 0 radical (unpaired) electrons. The number of carbonyl (C=O) groups excluding carboxylic acids is 2. The molecule has 20 heavy (non-hydrogen) atoms. The third-order valence-corrected chi connectivity index (χ3v) is 2.36. The standard InChI is InChI=1S/C13H17N3O3S/c1-2-7-19-10-5-3-9(4-6-10)16-13(18)12(17)15-8-11(14)20/h3-6H,2,7-8H2,1H3,(H2,14,20)(H,15,17)(H,16,18). The Morgan fingerprint density at radius 2 is 1.90 bits per heavy atom. The average molecular weight is 295 g/mol. The Bertz CT molecular complexity index is 488. The number of nitrogens with two attached hydrogens (primary N) is 1. The van der Waals surface area contributed by atoms with E-state index >= 15 is 0 Å². The van der Waals surface area contributed by atoms with Crippen LogP contribution < -0.4 is 21.1 Å². The summed E-state index contributed by atoms with van der Waals surface area (Å²) >= 11 is 4.60. The Hall–Kier alpha value is -2.15. The highest BCUT2D eigenvalue weighted by Gasteiger charge is 2.13. The molecule has 0 spiro atoms. The van der Waals surface area contributed by atoms with Crippen LogP contribution in [0.5, 0.6) is 5.75 Å². The number of carbonyl (C=O) groups is 2. The van der Waals surface area contributed by atoms with Gasteiger partial charge in [0.05, 0.1) is 18.1 Å². The van der Waals surface area contributed by atoms with E-state index in [1.165, 1.54) is 0 Å². The second-order valence-electron chi connectivity index (χ2n) is 3.98. The van der Waals surface area contributed by atoms with Gasteiger partial charge < -0.3 is 21.1 Å². The van der Waals surface area contributed by atoms with Crippen molar-refractivity contribution in [2.75, 3.05) is 18.5 Å². The molecule has 1 aromatic rings. The largest absolute Gasteiger partial charge is 0.494 e. The molecule has 0 saturated carbocycles. The molecule has 0 aliphatic rings. The van der Waals surface area contributed by atoms with Crippen molar-refractivity contribution < 1.29 is 14.3 Å². The number of nitrogens with one attached hydrogen (secondary N) is 2. The fourth-order valence-electron chi connectivity index (χ4n) is 1.29. The molecule has 0 fully saturated rings. The predicted molar refractivity (Wildman–Crippen MR) is 80.7 cm³/mol. The molecule has 6 nitrogen and oxygen atoms in total. The second kappa shape index (κ2) is 8.11. The molecule has 4 N–H and O–H groups in total. The SMILES string of the molecule is CCCOc1ccc(NC(=O)C(=O)NCC(N)=S)cc1. The third-order valence-electron chi connectivity index (χ3n) is 2.21. The van der Waals surface area contributed by atoms with Crippen molar-refractivity contribution in [2.24, 2.45) is 5.73 Å². The van der Waals surface area contributed by atoms with Gasteiger partial charge in [-0.1, -0.05) is 19.1 Å². The first-order valence-electron chi connectivity index (χ1n) is 6.13. The maximum atomic E-state index is 11.5. The second-order valence-corrected chi connectivity index (χ2v) is 4.50. The lowest BCUT2D eigenvalue weighted by molar-refractivity contribution is -0.135. The minimum Gasteiger partial charge on any atom is -0.494 e. The lowest BCUT2D eigenvalue weighted by atomic mass is 10.3. The van der Waals surface area contributed by atoms with Crippen molar-refractivity contribution >= 4 is 34.7 Å². The van der Waals surface area contributed by atoms with Crippen LogP contribution in [0.25, 0.3) is 0 Å². The van der Waals surface area contributed by atoms with E-state index in [4.69, 9.17) is 10.5 Å². The van der Waals surface area contributed by atoms with E-state index in [1.54, 1.807) is 24.3 Å². The summed E-state index contributed by atoms with van der Waals surface area (Å²) in [6.45, 7) is 2.64. The summed E-state index contributed by atoms with van der Waals surface area (Å²) < 4.78 is 5.41. The van der Waals surface area contributed by atoms with E-state index in [9.17, 15) is 9.59 Å². The molecule has 0 aliphatic carbocycles. The molecule has 108 valence electrons. The predicted octanol–water partition coefficient (Wildman–Crippen LogP) is 0.816. The number of ether oxygens (including phenoxy) is 1. The summed E-state index contributed by atoms with van der Waals surface area (Å²) in [4.78, 5) is 23.1. The number of benzene rings is 1. The van der Waals surface area contributed by atoms with E-state index in [0.29, 0.717) is 18.0 Å². The van der Waals surface area contributed by atoms with Crippen LogP contribution in [-0.4, -0.2) is 30.0 Å². The zero-order valence-electron chi connectivity index (χ0n) is 11.1. The molecule has 0 saturated heterocycles. The molecular formula is C13H17N3O3S. The monoisotopic (exact) mass is 295 g/mol. The van der Waals surface area contributed by atoms with Gasteiger partial charge in [-0.2, -0.15) is 0 Å². The summed E-state index contributed by atoms with van der Waals surface area (Å²) in [6, 6.07) is 6.75. The first kappa shape index (κ1) is 15.9. The van der Waals surface area contributed by atoms with Crippen LogP contribution in [0.15, 0.2) is 24.3 Å². The van der Waals surface area contributed by atoms with Crippen LogP contribution in [0.1, 0.15) is 13.3 Å². The normalized spacial score (nSPS) is 9.65.